The number of hydrogen-bond donors (Lipinski definition) is 1. The Morgan fingerprint density at radius 2 is 2.12 bits per heavy atom. The second kappa shape index (κ2) is 7.59. The third kappa shape index (κ3) is 4.12. The van der Waals surface area contributed by atoms with E-state index in [-0.39, 0.29) is 6.61 Å². The lowest BCUT2D eigenvalue weighted by molar-refractivity contribution is -0.148. The molecular formula is C18H25NO4S. The highest BCUT2D eigenvalue weighted by Gasteiger charge is 2.38. The minimum absolute atomic E-state index is 0.245. The van der Waals surface area contributed by atoms with Crippen molar-refractivity contribution >= 4 is 22.5 Å². The van der Waals surface area contributed by atoms with E-state index >= 15 is 0 Å². The Hall–Kier alpha value is -1.50. The predicted molar refractivity (Wildman–Crippen MR) is 95.5 cm³/mol. The molecule has 24 heavy (non-hydrogen) atoms. The van der Waals surface area contributed by atoms with E-state index in [4.69, 9.17) is 9.47 Å². The molecule has 0 spiro atoms. The molecule has 3 atom stereocenters. The topological polar surface area (TPSA) is 64.6 Å². The fraction of sp³-hybridized carbons (Fsp3) is 0.500. The Morgan fingerprint density at radius 1 is 1.46 bits per heavy atom. The van der Waals surface area contributed by atoms with E-state index in [1.54, 1.807) is 6.92 Å². The Bertz CT molecular complexity index is 651. The van der Waals surface area contributed by atoms with Gasteiger partial charge >= 0.3 is 5.97 Å². The largest absolute Gasteiger partial charge is 0.465 e. The standard InChI is InChI=1S/C18H25NO4S/c1-6-22-17(20)15(19-24(21)18(3,4)5)16-12(2)14-10-8-7-9-13(14)11-23-16/h7-10,15-16,19H,2,6,11H2,1,3-5H3/t15-,16+,24?/m1/s1. The van der Waals surface area contributed by atoms with E-state index in [9.17, 15) is 9.00 Å². The third-order valence-electron chi connectivity index (χ3n) is 3.76. The highest BCUT2D eigenvalue weighted by Crippen LogP contribution is 2.31. The second-order valence-corrected chi connectivity index (χ2v) is 8.64. The van der Waals surface area contributed by atoms with Crippen LogP contribution in [0.3, 0.4) is 0 Å². The molecule has 1 aliphatic rings. The molecule has 0 bridgehead atoms. The summed E-state index contributed by atoms with van der Waals surface area (Å²) in [4.78, 5) is 12.4. The number of carbonyl (C=O) groups is 1. The first-order valence-electron chi connectivity index (χ1n) is 7.99. The van der Waals surface area contributed by atoms with Gasteiger partial charge in [-0.1, -0.05) is 30.8 Å². The second-order valence-electron chi connectivity index (χ2n) is 6.64. The van der Waals surface area contributed by atoms with Gasteiger partial charge in [-0.25, -0.2) is 8.93 Å². The fourth-order valence-corrected chi connectivity index (χ4v) is 3.25. The minimum atomic E-state index is -1.44. The predicted octanol–water partition coefficient (Wildman–Crippen LogP) is 2.58. The van der Waals surface area contributed by atoms with E-state index in [0.717, 1.165) is 11.1 Å². The van der Waals surface area contributed by atoms with Crippen molar-refractivity contribution in [2.45, 2.75) is 51.2 Å². The fourth-order valence-electron chi connectivity index (χ4n) is 2.45. The van der Waals surface area contributed by atoms with Crippen LogP contribution in [0.25, 0.3) is 5.57 Å². The van der Waals surface area contributed by atoms with Crippen molar-refractivity contribution in [3.8, 4) is 0 Å². The van der Waals surface area contributed by atoms with Crippen LogP contribution in [0.1, 0.15) is 38.8 Å². The normalized spacial score (nSPS) is 20.2. The van der Waals surface area contributed by atoms with Crippen molar-refractivity contribution in [3.63, 3.8) is 0 Å². The Kier molecular flexibility index (Phi) is 5.96. The summed E-state index contributed by atoms with van der Waals surface area (Å²) in [5.74, 6) is -0.486. The molecule has 2 rings (SSSR count). The van der Waals surface area contributed by atoms with Gasteiger partial charge in [-0.15, -0.1) is 0 Å². The van der Waals surface area contributed by atoms with Crippen LogP contribution in [0.2, 0.25) is 0 Å². The van der Waals surface area contributed by atoms with Gasteiger partial charge in [0.25, 0.3) is 0 Å². The molecule has 0 aromatic heterocycles. The summed E-state index contributed by atoms with van der Waals surface area (Å²) in [6.07, 6.45) is -0.620. The maximum Gasteiger partial charge on any atom is 0.327 e. The lowest BCUT2D eigenvalue weighted by atomic mass is 9.91. The van der Waals surface area contributed by atoms with Gasteiger partial charge in [0.2, 0.25) is 0 Å². The van der Waals surface area contributed by atoms with Crippen LogP contribution in [0.15, 0.2) is 30.8 Å². The molecule has 0 saturated heterocycles. The molecule has 132 valence electrons. The van der Waals surface area contributed by atoms with Gasteiger partial charge in [-0.2, -0.15) is 0 Å². The molecule has 1 unspecified atom stereocenters. The molecule has 0 fully saturated rings. The number of rotatable bonds is 5. The smallest absolute Gasteiger partial charge is 0.327 e. The van der Waals surface area contributed by atoms with Crippen molar-refractivity contribution in [2.75, 3.05) is 6.61 Å². The van der Waals surface area contributed by atoms with Crippen LogP contribution in [-0.2, 0) is 31.9 Å². The molecule has 1 heterocycles. The first-order chi connectivity index (χ1) is 11.3. The number of fused-ring (bicyclic) bond motifs is 1. The van der Waals surface area contributed by atoms with E-state index in [1.807, 2.05) is 45.0 Å². The molecule has 6 heteroatoms. The monoisotopic (exact) mass is 351 g/mol. The van der Waals surface area contributed by atoms with E-state index in [0.29, 0.717) is 12.2 Å². The SMILES string of the molecule is C=C1c2ccccc2CO[C@@H]1[C@@H](NS(=O)C(C)(C)C)C(=O)OCC. The van der Waals surface area contributed by atoms with Gasteiger partial charge in [0.1, 0.15) is 12.1 Å². The Labute approximate surface area is 146 Å². The number of ether oxygens (including phenoxy) is 2. The number of hydrogen-bond acceptors (Lipinski definition) is 4. The summed E-state index contributed by atoms with van der Waals surface area (Å²) in [6.45, 7) is 12.0. The molecular weight excluding hydrogens is 326 g/mol. The minimum Gasteiger partial charge on any atom is -0.465 e. The van der Waals surface area contributed by atoms with Gasteiger partial charge in [-0.05, 0) is 44.4 Å². The van der Waals surface area contributed by atoms with E-state index in [1.165, 1.54) is 0 Å². The highest BCUT2D eigenvalue weighted by atomic mass is 32.2. The van der Waals surface area contributed by atoms with Crippen LogP contribution in [0.5, 0.6) is 0 Å². The maximum absolute atomic E-state index is 12.5. The van der Waals surface area contributed by atoms with Crippen molar-refractivity contribution in [1.29, 1.82) is 0 Å². The number of benzene rings is 1. The van der Waals surface area contributed by atoms with E-state index < -0.39 is 33.8 Å². The third-order valence-corrected chi connectivity index (χ3v) is 5.34. The summed E-state index contributed by atoms with van der Waals surface area (Å²) >= 11 is 0. The summed E-state index contributed by atoms with van der Waals surface area (Å²) < 4.78 is 25.9. The maximum atomic E-state index is 12.5. The van der Waals surface area contributed by atoms with Crippen LogP contribution in [0.4, 0.5) is 0 Å². The lowest BCUT2D eigenvalue weighted by Crippen LogP contribution is -2.52. The van der Waals surface area contributed by atoms with Crippen molar-refractivity contribution in [2.24, 2.45) is 0 Å². The molecule has 1 aromatic carbocycles. The molecule has 1 aromatic rings. The van der Waals surface area contributed by atoms with Crippen LogP contribution < -0.4 is 4.72 Å². The zero-order chi connectivity index (χ0) is 17.9. The van der Waals surface area contributed by atoms with Gasteiger partial charge in [-0.3, -0.25) is 4.79 Å². The Balaban J connectivity index is 2.29. The molecule has 0 aliphatic carbocycles. The average molecular weight is 351 g/mol. The zero-order valence-electron chi connectivity index (χ0n) is 14.6. The summed E-state index contributed by atoms with van der Waals surface area (Å²) in [7, 11) is -1.44. The quantitative estimate of drug-likeness (QED) is 0.828. The number of nitrogens with one attached hydrogen (secondary N) is 1. The lowest BCUT2D eigenvalue weighted by Gasteiger charge is -2.33. The van der Waals surface area contributed by atoms with Crippen LogP contribution in [0, 0.1) is 0 Å². The zero-order valence-corrected chi connectivity index (χ0v) is 15.4. The molecule has 1 aliphatic heterocycles. The highest BCUT2D eigenvalue weighted by molar-refractivity contribution is 7.84. The van der Waals surface area contributed by atoms with Crippen LogP contribution >= 0.6 is 0 Å². The average Bonchev–Trinajstić information content (AvgIpc) is 2.53. The molecule has 0 radical (unpaired) electrons. The molecule has 1 N–H and O–H groups in total. The van der Waals surface area contributed by atoms with E-state index in [2.05, 4.69) is 11.3 Å². The first kappa shape index (κ1) is 18.8. The molecule has 0 saturated carbocycles. The van der Waals surface area contributed by atoms with Gasteiger partial charge in [0.05, 0.1) is 28.9 Å². The Morgan fingerprint density at radius 3 is 2.75 bits per heavy atom. The van der Waals surface area contributed by atoms with Crippen LogP contribution in [-0.4, -0.2) is 33.7 Å². The number of esters is 1. The van der Waals surface area contributed by atoms with Gasteiger partial charge < -0.3 is 9.47 Å². The summed E-state index contributed by atoms with van der Waals surface area (Å²) in [6, 6.07) is 6.91. The molecule has 0 amide bonds. The summed E-state index contributed by atoms with van der Waals surface area (Å²) in [5, 5.41) is 0. The van der Waals surface area contributed by atoms with Gasteiger partial charge in [0, 0.05) is 0 Å². The molecule has 5 nitrogen and oxygen atoms in total. The van der Waals surface area contributed by atoms with Gasteiger partial charge in [0.15, 0.2) is 0 Å². The number of carbonyl (C=O) groups excluding carboxylic acids is 1. The first-order valence-corrected chi connectivity index (χ1v) is 9.14. The summed E-state index contributed by atoms with van der Waals surface area (Å²) in [5.41, 5.74) is 2.68. The van der Waals surface area contributed by atoms with Crippen molar-refractivity contribution < 1.29 is 18.5 Å². The van der Waals surface area contributed by atoms with Crippen molar-refractivity contribution in [3.05, 3.63) is 42.0 Å². The van der Waals surface area contributed by atoms with Crippen molar-refractivity contribution in [1.82, 2.24) is 4.72 Å².